The Morgan fingerprint density at radius 2 is 2.35 bits per heavy atom. The van der Waals surface area contributed by atoms with Crippen molar-refractivity contribution in [3.05, 3.63) is 11.8 Å². The number of rotatable bonds is 7. The molecular weight excluding hydrogens is 278 g/mol. The van der Waals surface area contributed by atoms with Crippen LogP contribution in [0.1, 0.15) is 25.3 Å². The molecule has 0 aromatic carbocycles. The fraction of sp³-hybridized carbons (Fsp3) is 0.750. The molecule has 0 amide bonds. The second-order valence-electron chi connectivity index (χ2n) is 5.27. The van der Waals surface area contributed by atoms with Gasteiger partial charge in [0.25, 0.3) is 10.0 Å². The summed E-state index contributed by atoms with van der Waals surface area (Å²) in [6.07, 6.45) is 3.41. The second-order valence-corrected chi connectivity index (χ2v) is 6.92. The van der Waals surface area contributed by atoms with Crippen molar-refractivity contribution in [3.63, 3.8) is 0 Å². The van der Waals surface area contributed by atoms with Crippen molar-refractivity contribution >= 4 is 10.0 Å². The molecule has 0 aliphatic carbocycles. The van der Waals surface area contributed by atoms with Crippen LogP contribution in [0.15, 0.2) is 11.2 Å². The maximum Gasteiger partial charge on any atom is 0.258 e. The van der Waals surface area contributed by atoms with E-state index >= 15 is 0 Å². The average Bonchev–Trinajstić information content (AvgIpc) is 2.99. The molecule has 1 atom stereocenters. The third kappa shape index (κ3) is 3.78. The lowest BCUT2D eigenvalue weighted by Crippen LogP contribution is -2.37. The van der Waals surface area contributed by atoms with Crippen LogP contribution >= 0.6 is 0 Å². The summed E-state index contributed by atoms with van der Waals surface area (Å²) in [4.78, 5) is 2.11. The van der Waals surface area contributed by atoms with Crippen molar-refractivity contribution in [2.24, 2.45) is 0 Å². The largest absolute Gasteiger partial charge is 0.313 e. The lowest BCUT2D eigenvalue weighted by Gasteiger charge is -2.13. The molecule has 1 fully saturated rings. The maximum atomic E-state index is 12.4. The molecule has 1 saturated heterocycles. The van der Waals surface area contributed by atoms with Crippen molar-refractivity contribution in [2.75, 3.05) is 26.7 Å². The molecule has 7 nitrogen and oxygen atoms in total. The second kappa shape index (κ2) is 6.66. The van der Waals surface area contributed by atoms with E-state index in [9.17, 15) is 8.42 Å². The summed E-state index contributed by atoms with van der Waals surface area (Å²) in [7, 11) is -1.54. The van der Waals surface area contributed by atoms with E-state index in [2.05, 4.69) is 32.1 Å². The summed E-state index contributed by atoms with van der Waals surface area (Å²) in [5.74, 6) is 0. The van der Waals surface area contributed by atoms with Crippen LogP contribution in [0.25, 0.3) is 0 Å². The van der Waals surface area contributed by atoms with Gasteiger partial charge in [0.1, 0.15) is 0 Å². The number of likely N-dealkylation sites (tertiary alicyclic amines) is 1. The van der Waals surface area contributed by atoms with E-state index in [0.717, 1.165) is 32.5 Å². The molecule has 8 heteroatoms. The van der Waals surface area contributed by atoms with Crippen molar-refractivity contribution in [3.8, 4) is 0 Å². The molecule has 2 rings (SSSR count). The maximum absolute atomic E-state index is 12.4. The minimum atomic E-state index is -3.53. The zero-order chi connectivity index (χ0) is 14.6. The highest BCUT2D eigenvalue weighted by atomic mass is 32.2. The van der Waals surface area contributed by atoms with E-state index in [1.807, 2.05) is 7.05 Å². The Morgan fingerprint density at radius 1 is 1.55 bits per heavy atom. The summed E-state index contributed by atoms with van der Waals surface area (Å²) >= 11 is 0. The highest BCUT2D eigenvalue weighted by Crippen LogP contribution is 2.15. The Kier molecular flexibility index (Phi) is 5.14. The van der Waals surface area contributed by atoms with Crippen molar-refractivity contribution in [2.45, 2.75) is 37.4 Å². The van der Waals surface area contributed by atoms with Crippen LogP contribution in [0.4, 0.5) is 0 Å². The Balaban J connectivity index is 2.03. The number of likely N-dealkylation sites (N-methyl/N-ethyl adjacent to an activating group) is 1. The highest BCUT2D eigenvalue weighted by Gasteiger charge is 2.27. The molecule has 1 aromatic rings. The predicted octanol–water partition coefficient (Wildman–Crippen LogP) is -0.108. The molecule has 0 bridgehead atoms. The van der Waals surface area contributed by atoms with Gasteiger partial charge in [0.05, 0.1) is 6.20 Å². The van der Waals surface area contributed by atoms with E-state index in [1.165, 1.54) is 0 Å². The minimum Gasteiger partial charge on any atom is -0.313 e. The zero-order valence-electron chi connectivity index (χ0n) is 12.0. The van der Waals surface area contributed by atoms with Gasteiger partial charge >= 0.3 is 0 Å². The van der Waals surface area contributed by atoms with Crippen LogP contribution in [-0.2, 0) is 16.6 Å². The van der Waals surface area contributed by atoms with Gasteiger partial charge in [-0.3, -0.25) is 5.10 Å². The Hall–Kier alpha value is -0.960. The fourth-order valence-electron chi connectivity index (χ4n) is 2.37. The van der Waals surface area contributed by atoms with Gasteiger partial charge < -0.3 is 10.2 Å². The molecule has 1 unspecified atom stereocenters. The molecule has 0 spiro atoms. The molecule has 114 valence electrons. The first-order chi connectivity index (χ1) is 9.53. The third-order valence-electron chi connectivity index (χ3n) is 3.40. The number of aromatic nitrogens is 2. The van der Waals surface area contributed by atoms with Gasteiger partial charge in [0, 0.05) is 24.7 Å². The van der Waals surface area contributed by atoms with E-state index in [-0.39, 0.29) is 11.1 Å². The van der Waals surface area contributed by atoms with Gasteiger partial charge in [-0.15, -0.1) is 0 Å². The minimum absolute atomic E-state index is 0.0234. The lowest BCUT2D eigenvalue weighted by molar-refractivity contribution is 0.407. The summed E-state index contributed by atoms with van der Waals surface area (Å²) in [6.45, 7) is 5.09. The van der Waals surface area contributed by atoms with E-state index < -0.39 is 10.0 Å². The number of hydrogen-bond acceptors (Lipinski definition) is 5. The lowest BCUT2D eigenvalue weighted by atomic mass is 10.3. The van der Waals surface area contributed by atoms with Crippen molar-refractivity contribution in [1.29, 1.82) is 0 Å². The van der Waals surface area contributed by atoms with Crippen molar-refractivity contribution in [1.82, 2.24) is 25.1 Å². The molecule has 1 aliphatic heterocycles. The number of sulfonamides is 1. The molecule has 0 saturated carbocycles. The van der Waals surface area contributed by atoms with Crippen LogP contribution < -0.4 is 10.0 Å². The third-order valence-corrected chi connectivity index (χ3v) is 4.94. The first-order valence-electron chi connectivity index (χ1n) is 6.96. The van der Waals surface area contributed by atoms with Crippen LogP contribution in [0.3, 0.4) is 0 Å². The van der Waals surface area contributed by atoms with Gasteiger partial charge in [0.15, 0.2) is 5.03 Å². The van der Waals surface area contributed by atoms with Crippen LogP contribution in [0, 0.1) is 0 Å². The first kappa shape index (κ1) is 15.4. The molecule has 20 heavy (non-hydrogen) atoms. The molecule has 1 aromatic heterocycles. The molecule has 1 aliphatic rings. The number of aromatic amines is 1. The highest BCUT2D eigenvalue weighted by molar-refractivity contribution is 7.89. The summed E-state index contributed by atoms with van der Waals surface area (Å²) in [5, 5.41) is 9.83. The molecular formula is C12H23N5O2S. The molecule has 3 N–H and O–H groups in total. The monoisotopic (exact) mass is 301 g/mol. The van der Waals surface area contributed by atoms with Crippen LogP contribution in [-0.4, -0.2) is 56.2 Å². The van der Waals surface area contributed by atoms with E-state index in [4.69, 9.17) is 0 Å². The zero-order valence-corrected chi connectivity index (χ0v) is 12.8. The summed E-state index contributed by atoms with van der Waals surface area (Å²) in [5.41, 5.74) is 0.678. The number of H-pyrrole nitrogens is 1. The number of nitrogens with zero attached hydrogens (tertiary/aromatic N) is 2. The van der Waals surface area contributed by atoms with Gasteiger partial charge in [-0.25, -0.2) is 13.1 Å². The quantitative estimate of drug-likeness (QED) is 0.612. The molecule has 0 radical (unpaired) electrons. The van der Waals surface area contributed by atoms with Crippen LogP contribution in [0.5, 0.6) is 0 Å². The van der Waals surface area contributed by atoms with Crippen LogP contribution in [0.2, 0.25) is 0 Å². The van der Waals surface area contributed by atoms with Gasteiger partial charge in [-0.1, -0.05) is 6.92 Å². The van der Waals surface area contributed by atoms with Gasteiger partial charge in [-0.05, 0) is 33.0 Å². The number of nitrogens with one attached hydrogen (secondary N) is 3. The summed E-state index contributed by atoms with van der Waals surface area (Å²) in [6, 6.07) is -0.0234. The standard InChI is InChI=1S/C12H23N5O2S/c1-3-5-13-7-10-8-14-15-12(10)20(18,19)16-11-4-6-17(2)9-11/h8,11,13,16H,3-7,9H2,1-2H3,(H,14,15). The van der Waals surface area contributed by atoms with E-state index in [0.29, 0.717) is 12.1 Å². The Morgan fingerprint density at radius 3 is 3.00 bits per heavy atom. The Bertz CT molecular complexity index is 528. The molecule has 2 heterocycles. The SMILES string of the molecule is CCCNCc1cn[nH]c1S(=O)(=O)NC1CCN(C)C1. The summed E-state index contributed by atoms with van der Waals surface area (Å²) < 4.78 is 27.5. The average molecular weight is 301 g/mol. The van der Waals surface area contributed by atoms with E-state index in [1.54, 1.807) is 6.20 Å². The number of hydrogen-bond donors (Lipinski definition) is 3. The Labute approximate surface area is 120 Å². The van der Waals surface area contributed by atoms with Gasteiger partial charge in [0.2, 0.25) is 0 Å². The first-order valence-corrected chi connectivity index (χ1v) is 8.45. The fourth-order valence-corrected chi connectivity index (χ4v) is 3.76. The topological polar surface area (TPSA) is 90.1 Å². The van der Waals surface area contributed by atoms with Gasteiger partial charge in [-0.2, -0.15) is 5.10 Å². The predicted molar refractivity (Wildman–Crippen MR) is 76.8 cm³/mol. The normalized spacial score (nSPS) is 20.6. The van der Waals surface area contributed by atoms with Crippen molar-refractivity contribution < 1.29 is 8.42 Å². The smallest absolute Gasteiger partial charge is 0.258 e.